The molecule has 1 saturated carbocycles. The molecule has 1 N–H and O–H groups in total. The standard InChI is InChI=1S/C24H26FN3O2S/c1-15-6-3-4-9-18(15)26-23(30)24(2)14-27-19-10-11-31-21(19)13-20(27)22(29)28(24)17-8-5-7-16(25)12-17/h5,7-8,10-13,15,18H,3-4,6,9,14H2,1-2H3,(H,26,30). The molecule has 7 heteroatoms. The molecule has 2 amide bonds. The summed E-state index contributed by atoms with van der Waals surface area (Å²) < 4.78 is 17.0. The zero-order valence-electron chi connectivity index (χ0n) is 17.7. The van der Waals surface area contributed by atoms with Crippen LogP contribution in [0.4, 0.5) is 10.1 Å². The van der Waals surface area contributed by atoms with Crippen molar-refractivity contribution in [2.45, 2.75) is 57.7 Å². The highest BCUT2D eigenvalue weighted by Crippen LogP contribution is 2.37. The van der Waals surface area contributed by atoms with E-state index >= 15 is 0 Å². The Morgan fingerprint density at radius 3 is 2.81 bits per heavy atom. The van der Waals surface area contributed by atoms with Crippen LogP contribution < -0.4 is 10.2 Å². The highest BCUT2D eigenvalue weighted by Gasteiger charge is 2.49. The van der Waals surface area contributed by atoms with Crippen LogP contribution in [-0.2, 0) is 11.3 Å². The van der Waals surface area contributed by atoms with Gasteiger partial charge in [0.15, 0.2) is 0 Å². The van der Waals surface area contributed by atoms with Crippen LogP contribution in [0.1, 0.15) is 50.0 Å². The van der Waals surface area contributed by atoms with Crippen molar-refractivity contribution in [1.82, 2.24) is 9.88 Å². The van der Waals surface area contributed by atoms with Crippen LogP contribution in [0.3, 0.4) is 0 Å². The zero-order chi connectivity index (χ0) is 21.8. The molecule has 3 aromatic rings. The normalized spacial score (nSPS) is 26.2. The summed E-state index contributed by atoms with van der Waals surface area (Å²) in [5.74, 6) is -0.508. The fourth-order valence-corrected chi connectivity index (χ4v) is 5.91. The van der Waals surface area contributed by atoms with E-state index in [9.17, 15) is 14.0 Å². The van der Waals surface area contributed by atoms with Crippen molar-refractivity contribution < 1.29 is 14.0 Å². The van der Waals surface area contributed by atoms with E-state index in [1.54, 1.807) is 30.4 Å². The van der Waals surface area contributed by atoms with Gasteiger partial charge in [0.25, 0.3) is 5.91 Å². The maximum atomic E-state index is 14.1. The Morgan fingerprint density at radius 2 is 2.03 bits per heavy atom. The van der Waals surface area contributed by atoms with Crippen molar-refractivity contribution in [1.29, 1.82) is 0 Å². The molecule has 0 saturated heterocycles. The van der Waals surface area contributed by atoms with Gasteiger partial charge in [-0.25, -0.2) is 4.39 Å². The lowest BCUT2D eigenvalue weighted by Crippen LogP contribution is -2.65. The topological polar surface area (TPSA) is 54.3 Å². The van der Waals surface area contributed by atoms with Gasteiger partial charge < -0.3 is 9.88 Å². The number of halogens is 1. The fourth-order valence-electron chi connectivity index (χ4n) is 5.09. The second-order valence-corrected chi connectivity index (χ2v) is 9.97. The molecular weight excluding hydrogens is 413 g/mol. The van der Waals surface area contributed by atoms with Gasteiger partial charge in [0.05, 0.1) is 16.8 Å². The van der Waals surface area contributed by atoms with Crippen LogP contribution in [0.25, 0.3) is 10.2 Å². The summed E-state index contributed by atoms with van der Waals surface area (Å²) >= 11 is 1.57. The number of anilines is 1. The Morgan fingerprint density at radius 1 is 1.23 bits per heavy atom. The van der Waals surface area contributed by atoms with Crippen molar-refractivity contribution >= 4 is 39.1 Å². The summed E-state index contributed by atoms with van der Waals surface area (Å²) in [7, 11) is 0. The second kappa shape index (κ2) is 7.48. The van der Waals surface area contributed by atoms with Crippen molar-refractivity contribution in [2.75, 3.05) is 4.90 Å². The van der Waals surface area contributed by atoms with E-state index in [1.807, 2.05) is 22.1 Å². The number of carbonyl (C=O) groups excluding carboxylic acids is 2. The molecule has 5 rings (SSSR count). The minimum Gasteiger partial charge on any atom is -0.351 e. The van der Waals surface area contributed by atoms with E-state index in [2.05, 4.69) is 12.2 Å². The Kier molecular flexibility index (Phi) is 4.88. The third-order valence-corrected chi connectivity index (χ3v) is 7.74. The molecule has 1 aromatic carbocycles. The Hall–Kier alpha value is -2.67. The lowest BCUT2D eigenvalue weighted by molar-refractivity contribution is -0.127. The summed E-state index contributed by atoms with van der Waals surface area (Å²) in [4.78, 5) is 28.9. The number of thiophene rings is 1. The summed E-state index contributed by atoms with van der Waals surface area (Å²) in [5, 5.41) is 5.23. The van der Waals surface area contributed by atoms with Crippen LogP contribution in [-0.4, -0.2) is 28.0 Å². The van der Waals surface area contributed by atoms with Gasteiger partial charge in [0.1, 0.15) is 17.1 Å². The van der Waals surface area contributed by atoms with Gasteiger partial charge in [0, 0.05) is 11.7 Å². The molecule has 3 heterocycles. The predicted molar refractivity (Wildman–Crippen MR) is 121 cm³/mol. The van der Waals surface area contributed by atoms with Crippen molar-refractivity contribution in [3.8, 4) is 0 Å². The average molecular weight is 440 g/mol. The Balaban J connectivity index is 1.60. The lowest BCUT2D eigenvalue weighted by atomic mass is 9.85. The molecule has 162 valence electrons. The lowest BCUT2D eigenvalue weighted by Gasteiger charge is -2.45. The molecule has 31 heavy (non-hydrogen) atoms. The predicted octanol–water partition coefficient (Wildman–Crippen LogP) is 4.96. The molecule has 0 radical (unpaired) electrons. The van der Waals surface area contributed by atoms with Gasteiger partial charge in [-0.15, -0.1) is 11.3 Å². The molecule has 2 aliphatic rings. The van der Waals surface area contributed by atoms with Gasteiger partial charge >= 0.3 is 0 Å². The number of aromatic nitrogens is 1. The molecule has 3 unspecified atom stereocenters. The highest BCUT2D eigenvalue weighted by molar-refractivity contribution is 7.17. The second-order valence-electron chi connectivity index (χ2n) is 9.02. The molecule has 1 fully saturated rings. The zero-order valence-corrected chi connectivity index (χ0v) is 18.5. The maximum absolute atomic E-state index is 14.1. The average Bonchev–Trinajstić information content (AvgIpc) is 3.32. The quantitative estimate of drug-likeness (QED) is 0.627. The van der Waals surface area contributed by atoms with Crippen molar-refractivity contribution in [2.24, 2.45) is 5.92 Å². The molecule has 0 spiro atoms. The third kappa shape index (κ3) is 3.26. The van der Waals surface area contributed by atoms with Gasteiger partial charge in [-0.05, 0) is 61.4 Å². The van der Waals surface area contributed by atoms with E-state index in [-0.39, 0.29) is 17.9 Å². The molecule has 0 bridgehead atoms. The number of carbonyl (C=O) groups is 2. The Bertz CT molecular complexity index is 1170. The maximum Gasteiger partial charge on any atom is 0.275 e. The van der Waals surface area contributed by atoms with Gasteiger partial charge in [-0.2, -0.15) is 0 Å². The molecule has 1 aliphatic carbocycles. The molecule has 5 nitrogen and oxygen atoms in total. The molecule has 3 atom stereocenters. The molecule has 1 aliphatic heterocycles. The highest BCUT2D eigenvalue weighted by atomic mass is 32.1. The van der Waals surface area contributed by atoms with E-state index in [0.29, 0.717) is 23.8 Å². The smallest absolute Gasteiger partial charge is 0.275 e. The first-order valence-electron chi connectivity index (χ1n) is 10.9. The van der Waals surface area contributed by atoms with Crippen LogP contribution in [0, 0.1) is 11.7 Å². The number of nitrogens with one attached hydrogen (secondary N) is 1. The number of hydrogen-bond acceptors (Lipinski definition) is 3. The van der Waals surface area contributed by atoms with E-state index in [4.69, 9.17) is 0 Å². The van der Waals surface area contributed by atoms with E-state index in [1.165, 1.54) is 23.5 Å². The SMILES string of the molecule is CC1CCCCC1NC(=O)C1(C)Cn2c(cc3sccc32)C(=O)N1c1cccc(F)c1. The van der Waals surface area contributed by atoms with Gasteiger partial charge in [0.2, 0.25) is 5.91 Å². The van der Waals surface area contributed by atoms with E-state index < -0.39 is 11.4 Å². The third-order valence-electron chi connectivity index (χ3n) is 6.89. The first-order valence-corrected chi connectivity index (χ1v) is 11.7. The van der Waals surface area contributed by atoms with Gasteiger partial charge in [-0.3, -0.25) is 14.5 Å². The number of amides is 2. The number of benzene rings is 1. The largest absolute Gasteiger partial charge is 0.351 e. The fraction of sp³-hybridized carbons (Fsp3) is 0.417. The number of hydrogen-bond donors (Lipinski definition) is 1. The number of rotatable bonds is 3. The first-order chi connectivity index (χ1) is 14.9. The summed E-state index contributed by atoms with van der Waals surface area (Å²) in [6.45, 7) is 4.28. The summed E-state index contributed by atoms with van der Waals surface area (Å²) in [6, 6.07) is 9.88. The monoisotopic (exact) mass is 439 g/mol. The minimum atomic E-state index is -1.18. The van der Waals surface area contributed by atoms with Crippen LogP contribution >= 0.6 is 11.3 Å². The van der Waals surface area contributed by atoms with Crippen molar-refractivity contribution in [3.63, 3.8) is 0 Å². The van der Waals surface area contributed by atoms with Crippen LogP contribution in [0.15, 0.2) is 41.8 Å². The number of nitrogens with zero attached hydrogens (tertiary/aromatic N) is 2. The summed E-state index contributed by atoms with van der Waals surface area (Å²) in [6.07, 6.45) is 4.31. The first kappa shape index (κ1) is 20.2. The summed E-state index contributed by atoms with van der Waals surface area (Å²) in [5.41, 5.74) is 0.706. The van der Waals surface area contributed by atoms with E-state index in [0.717, 1.165) is 29.5 Å². The van der Waals surface area contributed by atoms with Crippen LogP contribution in [0.2, 0.25) is 0 Å². The Labute approximate surface area is 184 Å². The van der Waals surface area contributed by atoms with Gasteiger partial charge in [-0.1, -0.05) is 25.8 Å². The number of fused-ring (bicyclic) bond motifs is 3. The van der Waals surface area contributed by atoms with Crippen molar-refractivity contribution in [3.05, 3.63) is 53.3 Å². The molecule has 2 aromatic heterocycles. The van der Waals surface area contributed by atoms with Crippen LogP contribution in [0.5, 0.6) is 0 Å². The molecular formula is C24H26FN3O2S. The minimum absolute atomic E-state index is 0.0924.